The summed E-state index contributed by atoms with van der Waals surface area (Å²) in [5, 5.41) is 27.5. The largest absolute Gasteiger partial charge is 0.391 e. The Bertz CT molecular complexity index is 512. The highest BCUT2D eigenvalue weighted by atomic mass is 16.3. The highest BCUT2D eigenvalue weighted by Gasteiger charge is 2.45. The van der Waals surface area contributed by atoms with Crippen LogP contribution in [0, 0.1) is 0 Å². The van der Waals surface area contributed by atoms with Gasteiger partial charge >= 0.3 is 0 Å². The molecule has 2 aliphatic rings. The van der Waals surface area contributed by atoms with Gasteiger partial charge in [0.1, 0.15) is 5.69 Å². The second-order valence-corrected chi connectivity index (χ2v) is 5.95. The predicted molar refractivity (Wildman–Crippen MR) is 75.7 cm³/mol. The van der Waals surface area contributed by atoms with Crippen LogP contribution in [0.15, 0.2) is 12.3 Å². The number of nitrogens with zero attached hydrogens (tertiary/aromatic N) is 3. The Kier molecular flexibility index (Phi) is 3.97. The van der Waals surface area contributed by atoms with Gasteiger partial charge in [-0.05, 0) is 38.4 Å². The number of aryl methyl sites for hydroxylation is 1. The minimum absolute atomic E-state index is 0.270. The van der Waals surface area contributed by atoms with Gasteiger partial charge in [-0.15, -0.1) is 0 Å². The van der Waals surface area contributed by atoms with Crippen LogP contribution in [0.3, 0.4) is 0 Å². The van der Waals surface area contributed by atoms with Gasteiger partial charge in [0.05, 0.1) is 24.3 Å². The summed E-state index contributed by atoms with van der Waals surface area (Å²) >= 11 is 0. The molecule has 1 aliphatic heterocycles. The van der Waals surface area contributed by atoms with Crippen molar-refractivity contribution in [2.45, 2.75) is 43.6 Å². The van der Waals surface area contributed by atoms with Crippen molar-refractivity contribution in [3.05, 3.63) is 18.0 Å². The third-order valence-corrected chi connectivity index (χ3v) is 4.58. The first-order valence-electron chi connectivity index (χ1n) is 7.47. The molecule has 1 saturated carbocycles. The fraction of sp³-hybridized carbons (Fsp3) is 0.714. The average molecular weight is 294 g/mol. The molecule has 3 rings (SSSR count). The van der Waals surface area contributed by atoms with Gasteiger partial charge in [-0.3, -0.25) is 14.4 Å². The van der Waals surface area contributed by atoms with Gasteiger partial charge in [-0.25, -0.2) is 0 Å². The molecule has 1 amide bonds. The first-order valence-corrected chi connectivity index (χ1v) is 7.47. The number of hydrogen-bond acceptors (Lipinski definition) is 5. The van der Waals surface area contributed by atoms with Crippen molar-refractivity contribution >= 4 is 5.91 Å². The topological polar surface area (TPSA) is 90.6 Å². The van der Waals surface area contributed by atoms with Gasteiger partial charge in [-0.2, -0.15) is 5.10 Å². The number of amides is 1. The molecule has 4 atom stereocenters. The second kappa shape index (κ2) is 5.75. The lowest BCUT2D eigenvalue weighted by molar-refractivity contribution is 0.0190. The third kappa shape index (κ3) is 2.68. The molecule has 1 aromatic heterocycles. The van der Waals surface area contributed by atoms with Crippen LogP contribution in [-0.4, -0.2) is 68.2 Å². The molecule has 0 spiro atoms. The fourth-order valence-corrected chi connectivity index (χ4v) is 3.49. The molecule has 1 saturated heterocycles. The molecule has 7 nitrogen and oxygen atoms in total. The Morgan fingerprint density at radius 3 is 2.71 bits per heavy atom. The van der Waals surface area contributed by atoms with Crippen LogP contribution in [0.25, 0.3) is 0 Å². The van der Waals surface area contributed by atoms with Crippen molar-refractivity contribution in [1.82, 2.24) is 20.0 Å². The SMILES string of the molecule is Cn1nccc1C(=O)N[C@@H]1C[C@H](O)[C@@H](N2CCCC2)[C@@H]1O. The normalized spacial score (nSPS) is 33.5. The van der Waals surface area contributed by atoms with Crippen LogP contribution in [0.4, 0.5) is 0 Å². The van der Waals surface area contributed by atoms with Crippen molar-refractivity contribution in [3.63, 3.8) is 0 Å². The van der Waals surface area contributed by atoms with Crippen molar-refractivity contribution in [2.24, 2.45) is 7.05 Å². The summed E-state index contributed by atoms with van der Waals surface area (Å²) in [7, 11) is 1.70. The molecular formula is C14H22N4O3. The van der Waals surface area contributed by atoms with Gasteiger partial charge in [0.15, 0.2) is 0 Å². The number of aliphatic hydroxyl groups is 2. The van der Waals surface area contributed by atoms with E-state index in [9.17, 15) is 15.0 Å². The summed E-state index contributed by atoms with van der Waals surface area (Å²) < 4.78 is 1.49. The van der Waals surface area contributed by atoms with Crippen LogP contribution < -0.4 is 5.32 Å². The van der Waals surface area contributed by atoms with E-state index >= 15 is 0 Å². The van der Waals surface area contributed by atoms with Crippen LogP contribution in [-0.2, 0) is 7.05 Å². The summed E-state index contributed by atoms with van der Waals surface area (Å²) in [6.07, 6.45) is 2.79. The average Bonchev–Trinajstić information content (AvgIpc) is 3.13. The monoisotopic (exact) mass is 294 g/mol. The minimum atomic E-state index is -0.740. The number of rotatable bonds is 3. The van der Waals surface area contributed by atoms with Gasteiger partial charge in [-0.1, -0.05) is 0 Å². The number of hydrogen-bond donors (Lipinski definition) is 3. The lowest BCUT2D eigenvalue weighted by Gasteiger charge is -2.29. The summed E-state index contributed by atoms with van der Waals surface area (Å²) in [5.41, 5.74) is 0.446. The molecule has 2 heterocycles. The lowest BCUT2D eigenvalue weighted by Crippen LogP contribution is -2.49. The first kappa shape index (κ1) is 14.5. The minimum Gasteiger partial charge on any atom is -0.391 e. The van der Waals surface area contributed by atoms with Crippen molar-refractivity contribution in [3.8, 4) is 0 Å². The Morgan fingerprint density at radius 2 is 2.10 bits per heavy atom. The second-order valence-electron chi connectivity index (χ2n) is 5.95. The molecule has 0 radical (unpaired) electrons. The van der Waals surface area contributed by atoms with E-state index in [1.165, 1.54) is 4.68 Å². The molecule has 2 fully saturated rings. The summed E-state index contributed by atoms with van der Waals surface area (Å²) in [5.74, 6) is -0.270. The lowest BCUT2D eigenvalue weighted by atomic mass is 10.1. The van der Waals surface area contributed by atoms with Crippen LogP contribution in [0.5, 0.6) is 0 Å². The van der Waals surface area contributed by atoms with Crippen LogP contribution in [0.2, 0.25) is 0 Å². The zero-order valence-corrected chi connectivity index (χ0v) is 12.1. The summed E-state index contributed by atoms with van der Waals surface area (Å²) in [6, 6.07) is 0.933. The quantitative estimate of drug-likeness (QED) is 0.673. The summed E-state index contributed by atoms with van der Waals surface area (Å²) in [6.45, 7) is 1.81. The van der Waals surface area contributed by atoms with E-state index in [1.54, 1.807) is 19.3 Å². The molecule has 0 bridgehead atoms. The number of carbonyl (C=O) groups is 1. The van der Waals surface area contributed by atoms with Crippen molar-refractivity contribution in [1.29, 1.82) is 0 Å². The summed E-state index contributed by atoms with van der Waals surface area (Å²) in [4.78, 5) is 14.3. The van der Waals surface area contributed by atoms with E-state index in [2.05, 4.69) is 15.3 Å². The molecule has 116 valence electrons. The predicted octanol–water partition coefficient (Wildman–Crippen LogP) is -0.892. The standard InChI is InChI=1S/C14H22N4O3/c1-17-10(4-5-15-17)14(21)16-9-8-11(19)12(13(9)20)18-6-2-3-7-18/h4-5,9,11-13,19-20H,2-3,6-8H2,1H3,(H,16,21)/t9-,11+,12-,13-/m1/s1. The Hall–Kier alpha value is -1.44. The van der Waals surface area contributed by atoms with Gasteiger partial charge in [0, 0.05) is 13.2 Å². The number of likely N-dealkylation sites (tertiary alicyclic amines) is 1. The molecule has 1 aliphatic carbocycles. The zero-order chi connectivity index (χ0) is 15.0. The van der Waals surface area contributed by atoms with E-state index < -0.39 is 18.2 Å². The maximum absolute atomic E-state index is 12.2. The van der Waals surface area contributed by atoms with E-state index in [0.29, 0.717) is 12.1 Å². The maximum atomic E-state index is 12.2. The highest BCUT2D eigenvalue weighted by molar-refractivity contribution is 5.92. The van der Waals surface area contributed by atoms with Crippen LogP contribution in [0.1, 0.15) is 29.8 Å². The Balaban J connectivity index is 1.67. The number of aromatic nitrogens is 2. The smallest absolute Gasteiger partial charge is 0.269 e. The van der Waals surface area contributed by atoms with E-state index in [1.807, 2.05) is 0 Å². The van der Waals surface area contributed by atoms with Crippen molar-refractivity contribution in [2.75, 3.05) is 13.1 Å². The molecule has 3 N–H and O–H groups in total. The van der Waals surface area contributed by atoms with E-state index in [-0.39, 0.29) is 11.9 Å². The van der Waals surface area contributed by atoms with E-state index in [4.69, 9.17) is 0 Å². The molecule has 1 aromatic rings. The number of nitrogens with one attached hydrogen (secondary N) is 1. The van der Waals surface area contributed by atoms with Gasteiger partial charge < -0.3 is 15.5 Å². The molecule has 21 heavy (non-hydrogen) atoms. The Labute approximate surface area is 123 Å². The van der Waals surface area contributed by atoms with Gasteiger partial charge in [0.25, 0.3) is 5.91 Å². The van der Waals surface area contributed by atoms with E-state index in [0.717, 1.165) is 25.9 Å². The molecule has 0 aromatic carbocycles. The third-order valence-electron chi connectivity index (χ3n) is 4.58. The van der Waals surface area contributed by atoms with Crippen LogP contribution >= 0.6 is 0 Å². The highest BCUT2D eigenvalue weighted by Crippen LogP contribution is 2.28. The van der Waals surface area contributed by atoms with Gasteiger partial charge in [0.2, 0.25) is 0 Å². The van der Waals surface area contributed by atoms with Crippen molar-refractivity contribution < 1.29 is 15.0 Å². The zero-order valence-electron chi connectivity index (χ0n) is 12.1. The Morgan fingerprint density at radius 1 is 1.38 bits per heavy atom. The number of carbonyl (C=O) groups excluding carboxylic acids is 1. The first-order chi connectivity index (χ1) is 10.1. The molecule has 7 heteroatoms. The number of aliphatic hydroxyl groups excluding tert-OH is 2. The molecular weight excluding hydrogens is 272 g/mol. The fourth-order valence-electron chi connectivity index (χ4n) is 3.49. The molecule has 0 unspecified atom stereocenters. The maximum Gasteiger partial charge on any atom is 0.269 e.